The molecule has 0 unspecified atom stereocenters. The molecule has 2 aromatic carbocycles. The molecule has 0 spiro atoms. The second-order valence-corrected chi connectivity index (χ2v) is 7.51. The Kier molecular flexibility index (Phi) is 4.92. The van der Waals surface area contributed by atoms with E-state index in [9.17, 15) is 0 Å². The molecule has 0 bridgehead atoms. The zero-order valence-electron chi connectivity index (χ0n) is 17.5. The number of aryl methyl sites for hydroxylation is 1. The van der Waals surface area contributed by atoms with Crippen LogP contribution < -0.4 is 4.74 Å². The van der Waals surface area contributed by atoms with E-state index in [0.29, 0.717) is 6.42 Å². The van der Waals surface area contributed by atoms with Crippen LogP contribution in [0, 0.1) is 6.92 Å². The topological polar surface area (TPSA) is 63.7 Å². The summed E-state index contributed by atoms with van der Waals surface area (Å²) in [5.74, 6) is 1.74. The monoisotopic (exact) mass is 406 g/mol. The van der Waals surface area contributed by atoms with Gasteiger partial charge in [-0.2, -0.15) is 0 Å². The number of fused-ring (bicyclic) bond motifs is 1. The summed E-state index contributed by atoms with van der Waals surface area (Å²) in [6, 6.07) is 24.4. The summed E-state index contributed by atoms with van der Waals surface area (Å²) < 4.78 is 5.27. The zero-order chi connectivity index (χ0) is 21.2. The molecule has 3 heterocycles. The van der Waals surface area contributed by atoms with Crippen molar-refractivity contribution in [2.24, 2.45) is 0 Å². The summed E-state index contributed by atoms with van der Waals surface area (Å²) in [6.07, 6.45) is 2.50. The average Bonchev–Trinajstić information content (AvgIpc) is 3.23. The number of ether oxygens (including phenoxy) is 1. The first kappa shape index (κ1) is 19.0. The SMILES string of the molecule is COc1ccc(Cc2nc(-c3ccc4ncccc4c3)c(-c3cccc(C)n3)[nH]2)cc1. The number of nitrogens with zero attached hydrogens (tertiary/aromatic N) is 3. The third-order valence-electron chi connectivity index (χ3n) is 5.30. The molecule has 0 atom stereocenters. The first-order chi connectivity index (χ1) is 15.2. The third kappa shape index (κ3) is 3.90. The van der Waals surface area contributed by atoms with Crippen molar-refractivity contribution in [2.75, 3.05) is 7.11 Å². The summed E-state index contributed by atoms with van der Waals surface area (Å²) in [5.41, 5.74) is 6.84. The van der Waals surface area contributed by atoms with Gasteiger partial charge in [0.05, 0.1) is 29.7 Å². The smallest absolute Gasteiger partial charge is 0.118 e. The minimum absolute atomic E-state index is 0.692. The number of imidazole rings is 1. The van der Waals surface area contributed by atoms with Crippen molar-refractivity contribution < 1.29 is 4.74 Å². The molecule has 1 N–H and O–H groups in total. The highest BCUT2D eigenvalue weighted by molar-refractivity contribution is 5.86. The molecule has 0 aliphatic rings. The van der Waals surface area contributed by atoms with Gasteiger partial charge < -0.3 is 9.72 Å². The van der Waals surface area contributed by atoms with Crippen molar-refractivity contribution in [3.05, 3.63) is 96.1 Å². The van der Waals surface area contributed by atoms with E-state index >= 15 is 0 Å². The fraction of sp³-hybridized carbons (Fsp3) is 0.115. The minimum Gasteiger partial charge on any atom is -0.497 e. The third-order valence-corrected chi connectivity index (χ3v) is 5.30. The van der Waals surface area contributed by atoms with Crippen molar-refractivity contribution in [3.63, 3.8) is 0 Å². The van der Waals surface area contributed by atoms with E-state index in [0.717, 1.165) is 56.4 Å². The summed E-state index contributed by atoms with van der Waals surface area (Å²) in [7, 11) is 1.67. The van der Waals surface area contributed by atoms with Crippen LogP contribution in [0.3, 0.4) is 0 Å². The van der Waals surface area contributed by atoms with Crippen LogP contribution >= 0.6 is 0 Å². The van der Waals surface area contributed by atoms with Gasteiger partial charge in [-0.1, -0.05) is 30.3 Å². The molecular formula is C26H22N4O. The number of hydrogen-bond acceptors (Lipinski definition) is 4. The molecule has 0 aliphatic heterocycles. The largest absolute Gasteiger partial charge is 0.497 e. The van der Waals surface area contributed by atoms with Crippen LogP contribution in [0.15, 0.2) is 79.0 Å². The van der Waals surface area contributed by atoms with Crippen molar-refractivity contribution in [1.82, 2.24) is 19.9 Å². The van der Waals surface area contributed by atoms with Crippen LogP contribution in [-0.2, 0) is 6.42 Å². The number of H-pyrrole nitrogens is 1. The van der Waals surface area contributed by atoms with E-state index in [1.807, 2.05) is 55.6 Å². The molecule has 5 heteroatoms. The highest BCUT2D eigenvalue weighted by atomic mass is 16.5. The van der Waals surface area contributed by atoms with Gasteiger partial charge in [0, 0.05) is 29.3 Å². The van der Waals surface area contributed by atoms with Crippen molar-refractivity contribution in [2.45, 2.75) is 13.3 Å². The van der Waals surface area contributed by atoms with Crippen molar-refractivity contribution in [3.8, 4) is 28.4 Å². The highest BCUT2D eigenvalue weighted by Gasteiger charge is 2.16. The highest BCUT2D eigenvalue weighted by Crippen LogP contribution is 2.31. The average molecular weight is 406 g/mol. The quantitative estimate of drug-likeness (QED) is 0.413. The van der Waals surface area contributed by atoms with E-state index < -0.39 is 0 Å². The van der Waals surface area contributed by atoms with Gasteiger partial charge in [-0.05, 0) is 55.0 Å². The maximum atomic E-state index is 5.27. The molecule has 0 saturated heterocycles. The maximum absolute atomic E-state index is 5.27. The number of nitrogens with one attached hydrogen (secondary N) is 1. The number of aromatic nitrogens is 4. The molecule has 5 rings (SSSR count). The summed E-state index contributed by atoms with van der Waals surface area (Å²) >= 11 is 0. The lowest BCUT2D eigenvalue weighted by molar-refractivity contribution is 0.414. The van der Waals surface area contributed by atoms with Gasteiger partial charge in [-0.15, -0.1) is 0 Å². The standard InChI is InChI=1S/C26H22N4O/c1-17-5-3-7-23(28-17)26-25(20-10-13-22-19(16-20)6-4-14-27-22)29-24(30-26)15-18-8-11-21(31-2)12-9-18/h3-14,16H,15H2,1-2H3,(H,29,30). The number of benzene rings is 2. The van der Waals surface area contributed by atoms with Crippen LogP contribution in [0.25, 0.3) is 33.5 Å². The van der Waals surface area contributed by atoms with E-state index in [1.165, 1.54) is 0 Å². The van der Waals surface area contributed by atoms with Crippen LogP contribution in [0.4, 0.5) is 0 Å². The van der Waals surface area contributed by atoms with Gasteiger partial charge in [0.15, 0.2) is 0 Å². The van der Waals surface area contributed by atoms with Crippen molar-refractivity contribution >= 4 is 10.9 Å². The first-order valence-corrected chi connectivity index (χ1v) is 10.2. The molecule has 5 aromatic rings. The second kappa shape index (κ2) is 8.03. The maximum Gasteiger partial charge on any atom is 0.118 e. The summed E-state index contributed by atoms with van der Waals surface area (Å²) in [5, 5.41) is 1.09. The van der Waals surface area contributed by atoms with Gasteiger partial charge in [-0.3, -0.25) is 9.97 Å². The van der Waals surface area contributed by atoms with Crippen LogP contribution in [-0.4, -0.2) is 27.0 Å². The second-order valence-electron chi connectivity index (χ2n) is 7.51. The molecule has 0 fully saturated rings. The van der Waals surface area contributed by atoms with Gasteiger partial charge in [-0.25, -0.2) is 4.98 Å². The van der Waals surface area contributed by atoms with Crippen LogP contribution in [0.5, 0.6) is 5.75 Å². The lowest BCUT2D eigenvalue weighted by Crippen LogP contribution is -1.92. The van der Waals surface area contributed by atoms with Gasteiger partial charge in [0.1, 0.15) is 11.6 Å². The molecule has 0 aliphatic carbocycles. The predicted molar refractivity (Wildman–Crippen MR) is 123 cm³/mol. The Morgan fingerprint density at radius 2 is 1.77 bits per heavy atom. The molecule has 31 heavy (non-hydrogen) atoms. The predicted octanol–water partition coefficient (Wildman–Crippen LogP) is 5.59. The van der Waals surface area contributed by atoms with Gasteiger partial charge >= 0.3 is 0 Å². The molecular weight excluding hydrogens is 384 g/mol. The Labute approximate surface area is 180 Å². The molecule has 0 radical (unpaired) electrons. The van der Waals surface area contributed by atoms with Crippen LogP contribution in [0.2, 0.25) is 0 Å². The Bertz CT molecular complexity index is 1360. The fourth-order valence-electron chi connectivity index (χ4n) is 3.74. The number of methoxy groups -OCH3 is 1. The van der Waals surface area contributed by atoms with E-state index in [-0.39, 0.29) is 0 Å². The number of hydrogen-bond donors (Lipinski definition) is 1. The van der Waals surface area contributed by atoms with Gasteiger partial charge in [0.25, 0.3) is 0 Å². The molecule has 0 saturated carbocycles. The molecule has 0 amide bonds. The molecule has 5 nitrogen and oxygen atoms in total. The lowest BCUT2D eigenvalue weighted by atomic mass is 10.1. The minimum atomic E-state index is 0.692. The Balaban J connectivity index is 1.60. The van der Waals surface area contributed by atoms with Crippen molar-refractivity contribution in [1.29, 1.82) is 0 Å². The summed E-state index contributed by atoms with van der Waals surface area (Å²) in [4.78, 5) is 17.7. The lowest BCUT2D eigenvalue weighted by Gasteiger charge is -2.05. The number of aromatic amines is 1. The normalized spacial score (nSPS) is 11.0. The molecule has 3 aromatic heterocycles. The first-order valence-electron chi connectivity index (χ1n) is 10.2. The number of pyridine rings is 2. The van der Waals surface area contributed by atoms with E-state index in [2.05, 4.69) is 40.3 Å². The summed E-state index contributed by atoms with van der Waals surface area (Å²) in [6.45, 7) is 2.00. The molecule has 152 valence electrons. The fourth-order valence-corrected chi connectivity index (χ4v) is 3.74. The van der Waals surface area contributed by atoms with E-state index in [1.54, 1.807) is 7.11 Å². The Morgan fingerprint density at radius 1 is 0.903 bits per heavy atom. The Hall–Kier alpha value is -3.99. The van der Waals surface area contributed by atoms with E-state index in [4.69, 9.17) is 14.7 Å². The number of rotatable bonds is 5. The zero-order valence-corrected chi connectivity index (χ0v) is 17.5. The Morgan fingerprint density at radius 3 is 2.58 bits per heavy atom. The van der Waals surface area contributed by atoms with Crippen LogP contribution in [0.1, 0.15) is 17.1 Å². The van der Waals surface area contributed by atoms with Gasteiger partial charge in [0.2, 0.25) is 0 Å².